The lowest BCUT2D eigenvalue weighted by atomic mass is 10.1. The van der Waals surface area contributed by atoms with Crippen LogP contribution in [0.5, 0.6) is 11.5 Å². The van der Waals surface area contributed by atoms with E-state index in [0.29, 0.717) is 22.8 Å². The number of rotatable bonds is 2. The molecule has 0 saturated heterocycles. The largest absolute Gasteiger partial charge is 0.454 e. The number of ether oxygens (including phenoxy) is 2. The molecule has 0 unspecified atom stereocenters. The van der Waals surface area contributed by atoms with Crippen molar-refractivity contribution in [2.75, 3.05) is 6.79 Å². The molecule has 5 nitrogen and oxygen atoms in total. The first kappa shape index (κ1) is 14.6. The maximum absolute atomic E-state index is 12.8. The Kier molecular flexibility index (Phi) is 3.19. The fourth-order valence-corrected chi connectivity index (χ4v) is 2.40. The van der Waals surface area contributed by atoms with Crippen LogP contribution < -0.4 is 9.47 Å². The SMILES string of the molecule is FC(F)(F)c1cccc(-c2ncoc2-c2ccc3c(c2)OCO3)n1. The van der Waals surface area contributed by atoms with Crippen LogP contribution in [0.4, 0.5) is 13.2 Å². The number of fused-ring (bicyclic) bond motifs is 1. The molecule has 4 rings (SSSR count). The van der Waals surface area contributed by atoms with Crippen LogP contribution in [0.25, 0.3) is 22.7 Å². The first-order valence-electron chi connectivity index (χ1n) is 6.90. The molecule has 0 atom stereocenters. The maximum Gasteiger partial charge on any atom is 0.433 e. The predicted octanol–water partition coefficient (Wildman–Crippen LogP) is 4.15. The Bertz CT molecular complexity index is 906. The van der Waals surface area contributed by atoms with Crippen molar-refractivity contribution in [3.63, 3.8) is 0 Å². The van der Waals surface area contributed by atoms with E-state index in [9.17, 15) is 13.2 Å². The highest BCUT2D eigenvalue weighted by atomic mass is 19.4. The number of pyridine rings is 1. The zero-order valence-electron chi connectivity index (χ0n) is 12.0. The zero-order valence-corrected chi connectivity index (χ0v) is 12.0. The van der Waals surface area contributed by atoms with E-state index in [2.05, 4.69) is 9.97 Å². The highest BCUT2D eigenvalue weighted by Crippen LogP contribution is 2.39. The predicted molar refractivity (Wildman–Crippen MR) is 76.3 cm³/mol. The Labute approximate surface area is 133 Å². The summed E-state index contributed by atoms with van der Waals surface area (Å²) >= 11 is 0. The van der Waals surface area contributed by atoms with Gasteiger partial charge in [-0.3, -0.25) is 0 Å². The molecule has 8 heteroatoms. The van der Waals surface area contributed by atoms with E-state index in [4.69, 9.17) is 13.9 Å². The van der Waals surface area contributed by atoms with Gasteiger partial charge in [0, 0.05) is 5.56 Å². The van der Waals surface area contributed by atoms with E-state index in [1.807, 2.05) is 0 Å². The summed E-state index contributed by atoms with van der Waals surface area (Å²) in [6.45, 7) is 0.122. The second-order valence-electron chi connectivity index (χ2n) is 5.00. The molecule has 0 bridgehead atoms. The third-order valence-electron chi connectivity index (χ3n) is 3.48. The summed E-state index contributed by atoms with van der Waals surface area (Å²) in [5, 5.41) is 0. The molecule has 0 fully saturated rings. The molecular weight excluding hydrogens is 325 g/mol. The van der Waals surface area contributed by atoms with E-state index < -0.39 is 11.9 Å². The van der Waals surface area contributed by atoms with Crippen molar-refractivity contribution in [2.24, 2.45) is 0 Å². The van der Waals surface area contributed by atoms with Gasteiger partial charge in [0.05, 0.1) is 5.69 Å². The van der Waals surface area contributed by atoms with Crippen molar-refractivity contribution in [3.8, 4) is 34.2 Å². The van der Waals surface area contributed by atoms with Crippen LogP contribution >= 0.6 is 0 Å². The fraction of sp³-hybridized carbons (Fsp3) is 0.125. The minimum absolute atomic E-state index is 0.0752. The minimum atomic E-state index is -4.53. The molecule has 0 N–H and O–H groups in total. The van der Waals surface area contributed by atoms with Gasteiger partial charge in [-0.2, -0.15) is 13.2 Å². The van der Waals surface area contributed by atoms with Gasteiger partial charge in [0.1, 0.15) is 11.4 Å². The molecular formula is C16H9F3N2O3. The average Bonchev–Trinajstić information content (AvgIpc) is 3.22. The topological polar surface area (TPSA) is 57.4 Å². The normalized spacial score (nSPS) is 13.3. The molecule has 0 amide bonds. The summed E-state index contributed by atoms with van der Waals surface area (Å²) in [5.74, 6) is 1.43. The van der Waals surface area contributed by atoms with Crippen molar-refractivity contribution in [2.45, 2.75) is 6.18 Å². The Balaban J connectivity index is 1.78. The molecule has 3 heterocycles. The van der Waals surface area contributed by atoms with Gasteiger partial charge < -0.3 is 13.9 Å². The third-order valence-corrected chi connectivity index (χ3v) is 3.48. The van der Waals surface area contributed by atoms with Crippen molar-refractivity contribution >= 4 is 0 Å². The number of oxazole rings is 1. The number of benzene rings is 1. The summed E-state index contributed by atoms with van der Waals surface area (Å²) in [7, 11) is 0. The molecule has 1 aliphatic rings. The second-order valence-corrected chi connectivity index (χ2v) is 5.00. The number of halogens is 3. The quantitative estimate of drug-likeness (QED) is 0.704. The molecule has 24 heavy (non-hydrogen) atoms. The highest BCUT2D eigenvalue weighted by Gasteiger charge is 2.33. The lowest BCUT2D eigenvalue weighted by Crippen LogP contribution is -2.08. The molecule has 1 aromatic carbocycles. The molecule has 122 valence electrons. The number of alkyl halides is 3. The van der Waals surface area contributed by atoms with Crippen LogP contribution in [0.2, 0.25) is 0 Å². The summed E-state index contributed by atoms with van der Waals surface area (Å²) in [5.41, 5.74) is -0.0863. The monoisotopic (exact) mass is 334 g/mol. The summed E-state index contributed by atoms with van der Waals surface area (Å²) in [4.78, 5) is 7.65. The first-order chi connectivity index (χ1) is 11.5. The molecule has 0 saturated carbocycles. The number of hydrogen-bond acceptors (Lipinski definition) is 5. The van der Waals surface area contributed by atoms with Crippen molar-refractivity contribution in [3.05, 3.63) is 48.5 Å². The van der Waals surface area contributed by atoms with E-state index in [1.54, 1.807) is 18.2 Å². The van der Waals surface area contributed by atoms with Gasteiger partial charge in [0.2, 0.25) is 6.79 Å². The summed E-state index contributed by atoms with van der Waals surface area (Å²) < 4.78 is 54.4. The van der Waals surface area contributed by atoms with Crippen LogP contribution in [-0.4, -0.2) is 16.8 Å². The molecule has 1 aliphatic heterocycles. The molecule has 0 aliphatic carbocycles. The van der Waals surface area contributed by atoms with Crippen molar-refractivity contribution in [1.82, 2.24) is 9.97 Å². The van der Waals surface area contributed by atoms with Gasteiger partial charge in [0.25, 0.3) is 0 Å². The number of aromatic nitrogens is 2. The van der Waals surface area contributed by atoms with Gasteiger partial charge in [-0.05, 0) is 30.3 Å². The Morgan fingerprint density at radius 1 is 1.00 bits per heavy atom. The average molecular weight is 334 g/mol. The zero-order chi connectivity index (χ0) is 16.7. The summed E-state index contributed by atoms with van der Waals surface area (Å²) in [6, 6.07) is 8.73. The highest BCUT2D eigenvalue weighted by molar-refractivity contribution is 5.76. The lowest BCUT2D eigenvalue weighted by molar-refractivity contribution is -0.141. The summed E-state index contributed by atoms with van der Waals surface area (Å²) in [6.07, 6.45) is -3.37. The Hall–Kier alpha value is -3.03. The lowest BCUT2D eigenvalue weighted by Gasteiger charge is -2.07. The van der Waals surface area contributed by atoms with Crippen molar-refractivity contribution in [1.29, 1.82) is 0 Å². The van der Waals surface area contributed by atoms with Crippen LogP contribution in [0.3, 0.4) is 0 Å². The van der Waals surface area contributed by atoms with E-state index in [-0.39, 0.29) is 18.2 Å². The van der Waals surface area contributed by atoms with E-state index in [0.717, 1.165) is 12.5 Å². The maximum atomic E-state index is 12.8. The first-order valence-corrected chi connectivity index (χ1v) is 6.90. The standard InChI is InChI=1S/C16H9F3N2O3/c17-16(18,19)13-3-1-2-10(21-13)14-15(22-7-20-14)9-4-5-11-12(6-9)24-8-23-11/h1-7H,8H2. The van der Waals surface area contributed by atoms with Crippen LogP contribution in [0.1, 0.15) is 5.69 Å². The van der Waals surface area contributed by atoms with Crippen LogP contribution in [0, 0.1) is 0 Å². The number of hydrogen-bond donors (Lipinski definition) is 0. The smallest absolute Gasteiger partial charge is 0.433 e. The van der Waals surface area contributed by atoms with Crippen LogP contribution in [-0.2, 0) is 6.18 Å². The third kappa shape index (κ3) is 2.45. The molecule has 0 spiro atoms. The Morgan fingerprint density at radius 3 is 2.67 bits per heavy atom. The van der Waals surface area contributed by atoms with E-state index in [1.165, 1.54) is 12.1 Å². The van der Waals surface area contributed by atoms with Gasteiger partial charge in [-0.15, -0.1) is 0 Å². The van der Waals surface area contributed by atoms with Gasteiger partial charge >= 0.3 is 6.18 Å². The van der Waals surface area contributed by atoms with E-state index >= 15 is 0 Å². The van der Waals surface area contributed by atoms with Gasteiger partial charge in [-0.1, -0.05) is 6.07 Å². The molecule has 3 aromatic rings. The van der Waals surface area contributed by atoms with Crippen molar-refractivity contribution < 1.29 is 27.1 Å². The van der Waals surface area contributed by atoms with Gasteiger partial charge in [0.15, 0.2) is 23.7 Å². The fourth-order valence-electron chi connectivity index (χ4n) is 2.40. The second kappa shape index (κ2) is 5.26. The minimum Gasteiger partial charge on any atom is -0.454 e. The Morgan fingerprint density at radius 2 is 1.83 bits per heavy atom. The molecule has 0 radical (unpaired) electrons. The van der Waals surface area contributed by atoms with Gasteiger partial charge in [-0.25, -0.2) is 9.97 Å². The van der Waals surface area contributed by atoms with Crippen LogP contribution in [0.15, 0.2) is 47.2 Å². The number of nitrogens with zero attached hydrogens (tertiary/aromatic N) is 2. The molecule has 2 aromatic heterocycles.